The largest absolute Gasteiger partial charge is 0.497 e. The van der Waals surface area contributed by atoms with Crippen LogP contribution in [0.1, 0.15) is 15.9 Å². The van der Waals surface area contributed by atoms with E-state index >= 15 is 0 Å². The first kappa shape index (κ1) is 22.4. The van der Waals surface area contributed by atoms with Crippen molar-refractivity contribution >= 4 is 11.8 Å². The summed E-state index contributed by atoms with van der Waals surface area (Å²) in [5.74, 6) is 0.836. The molecule has 2 amide bonds. The van der Waals surface area contributed by atoms with Crippen LogP contribution in [0.5, 0.6) is 11.5 Å². The fraction of sp³-hybridized carbons (Fsp3) is 0.259. The number of hydrogen-bond acceptors (Lipinski definition) is 4. The molecule has 0 radical (unpaired) electrons. The summed E-state index contributed by atoms with van der Waals surface area (Å²) >= 11 is 0. The molecule has 6 nitrogen and oxygen atoms in total. The van der Waals surface area contributed by atoms with Gasteiger partial charge in [-0.15, -0.1) is 0 Å². The molecule has 0 bridgehead atoms. The number of methoxy groups -OCH3 is 2. The van der Waals surface area contributed by atoms with Gasteiger partial charge in [-0.3, -0.25) is 9.59 Å². The van der Waals surface area contributed by atoms with E-state index in [2.05, 4.69) is 11.4 Å². The van der Waals surface area contributed by atoms with E-state index in [4.69, 9.17) is 9.47 Å². The van der Waals surface area contributed by atoms with Crippen LogP contribution in [0.3, 0.4) is 0 Å². The third-order valence-corrected chi connectivity index (χ3v) is 5.93. The average molecular weight is 445 g/mol. The van der Waals surface area contributed by atoms with Gasteiger partial charge in [0.15, 0.2) is 0 Å². The number of nitrogens with zero attached hydrogens (tertiary/aromatic N) is 1. The Kier molecular flexibility index (Phi) is 6.93. The molecule has 1 saturated heterocycles. The number of hydrogen-bond donors (Lipinski definition) is 1. The zero-order valence-electron chi connectivity index (χ0n) is 18.9. The Hall–Kier alpha value is -3.80. The summed E-state index contributed by atoms with van der Waals surface area (Å²) in [6.45, 7) is 1.25. The van der Waals surface area contributed by atoms with Gasteiger partial charge in [0.05, 0.1) is 25.7 Å². The standard InChI is InChI=1S/C27H28N2O4/c1-32-23-10-6-9-21(17-23)20-8-5-7-19(15-20)16-22-18-29(14-13-28-26(22)30)27(31)24-11-3-4-12-25(24)33-2/h3-12,15,17,22H,13-14,16,18H2,1-2H3,(H,28,30)/t22-/m1/s1. The Morgan fingerprint density at radius 2 is 1.73 bits per heavy atom. The molecular weight excluding hydrogens is 416 g/mol. The van der Waals surface area contributed by atoms with Gasteiger partial charge in [0.1, 0.15) is 11.5 Å². The van der Waals surface area contributed by atoms with Crippen molar-refractivity contribution in [1.82, 2.24) is 10.2 Å². The summed E-state index contributed by atoms with van der Waals surface area (Å²) in [5.41, 5.74) is 3.66. The fourth-order valence-electron chi connectivity index (χ4n) is 4.20. The van der Waals surface area contributed by atoms with Crippen LogP contribution in [0.15, 0.2) is 72.8 Å². The van der Waals surface area contributed by atoms with Crippen molar-refractivity contribution in [3.63, 3.8) is 0 Å². The van der Waals surface area contributed by atoms with E-state index in [9.17, 15) is 9.59 Å². The molecule has 3 aromatic rings. The van der Waals surface area contributed by atoms with Crippen LogP contribution in [0.25, 0.3) is 11.1 Å². The molecule has 1 aliphatic heterocycles. The van der Waals surface area contributed by atoms with E-state index < -0.39 is 0 Å². The Morgan fingerprint density at radius 1 is 0.970 bits per heavy atom. The lowest BCUT2D eigenvalue weighted by atomic mass is 9.95. The molecule has 4 rings (SSSR count). The van der Waals surface area contributed by atoms with Crippen LogP contribution in [-0.4, -0.2) is 50.6 Å². The molecule has 0 aromatic heterocycles. The first-order chi connectivity index (χ1) is 16.1. The molecule has 33 heavy (non-hydrogen) atoms. The van der Waals surface area contributed by atoms with Gasteiger partial charge in [0.2, 0.25) is 5.91 Å². The van der Waals surface area contributed by atoms with Crippen LogP contribution >= 0.6 is 0 Å². The van der Waals surface area contributed by atoms with Crippen LogP contribution in [0.2, 0.25) is 0 Å². The predicted octanol–water partition coefficient (Wildman–Crippen LogP) is 3.80. The molecule has 0 unspecified atom stereocenters. The molecule has 1 heterocycles. The number of benzene rings is 3. The molecule has 1 atom stereocenters. The number of amides is 2. The number of carbonyl (C=O) groups is 2. The van der Waals surface area contributed by atoms with Crippen molar-refractivity contribution in [1.29, 1.82) is 0 Å². The first-order valence-electron chi connectivity index (χ1n) is 11.0. The summed E-state index contributed by atoms with van der Waals surface area (Å²) in [7, 11) is 3.20. The van der Waals surface area contributed by atoms with Crippen molar-refractivity contribution in [2.75, 3.05) is 33.9 Å². The maximum atomic E-state index is 13.2. The zero-order valence-corrected chi connectivity index (χ0v) is 18.9. The number of rotatable bonds is 6. The molecule has 0 aliphatic carbocycles. The van der Waals surface area contributed by atoms with Crippen LogP contribution in [-0.2, 0) is 11.2 Å². The van der Waals surface area contributed by atoms with Crippen molar-refractivity contribution < 1.29 is 19.1 Å². The van der Waals surface area contributed by atoms with E-state index in [0.29, 0.717) is 37.4 Å². The minimum atomic E-state index is -0.341. The Labute approximate surface area is 194 Å². The molecule has 0 saturated carbocycles. The van der Waals surface area contributed by atoms with E-state index in [-0.39, 0.29) is 17.7 Å². The minimum Gasteiger partial charge on any atom is -0.497 e. The van der Waals surface area contributed by atoms with Gasteiger partial charge in [0, 0.05) is 19.6 Å². The second-order valence-corrected chi connectivity index (χ2v) is 8.08. The normalized spacial score (nSPS) is 16.0. The van der Waals surface area contributed by atoms with Crippen molar-refractivity contribution in [3.05, 3.63) is 83.9 Å². The summed E-state index contributed by atoms with van der Waals surface area (Å²) < 4.78 is 10.7. The molecule has 1 fully saturated rings. The van der Waals surface area contributed by atoms with Gasteiger partial charge in [0.25, 0.3) is 5.91 Å². The maximum Gasteiger partial charge on any atom is 0.257 e. The van der Waals surface area contributed by atoms with Gasteiger partial charge in [-0.05, 0) is 47.4 Å². The third kappa shape index (κ3) is 5.17. The minimum absolute atomic E-state index is 0.0305. The van der Waals surface area contributed by atoms with Crippen LogP contribution < -0.4 is 14.8 Å². The summed E-state index contributed by atoms with van der Waals surface area (Å²) in [6.07, 6.45) is 0.541. The smallest absolute Gasteiger partial charge is 0.257 e. The summed E-state index contributed by atoms with van der Waals surface area (Å²) in [4.78, 5) is 27.8. The molecule has 1 N–H and O–H groups in total. The lowest BCUT2D eigenvalue weighted by molar-refractivity contribution is -0.124. The van der Waals surface area contributed by atoms with Crippen molar-refractivity contribution in [2.24, 2.45) is 5.92 Å². The Balaban J connectivity index is 1.54. The Bertz CT molecular complexity index is 1140. The fourth-order valence-corrected chi connectivity index (χ4v) is 4.20. The molecular formula is C27H28N2O4. The second-order valence-electron chi connectivity index (χ2n) is 8.08. The van der Waals surface area contributed by atoms with E-state index in [0.717, 1.165) is 22.4 Å². The van der Waals surface area contributed by atoms with Crippen LogP contribution in [0.4, 0.5) is 0 Å². The topological polar surface area (TPSA) is 67.9 Å². The Morgan fingerprint density at radius 3 is 2.52 bits per heavy atom. The quantitative estimate of drug-likeness (QED) is 0.628. The highest BCUT2D eigenvalue weighted by molar-refractivity contribution is 5.97. The number of nitrogens with one attached hydrogen (secondary N) is 1. The third-order valence-electron chi connectivity index (χ3n) is 5.93. The highest BCUT2D eigenvalue weighted by atomic mass is 16.5. The van der Waals surface area contributed by atoms with Gasteiger partial charge in [-0.1, -0.05) is 48.5 Å². The van der Waals surface area contributed by atoms with Crippen molar-refractivity contribution in [2.45, 2.75) is 6.42 Å². The molecule has 0 spiro atoms. The van der Waals surface area contributed by atoms with Gasteiger partial charge >= 0.3 is 0 Å². The highest BCUT2D eigenvalue weighted by Crippen LogP contribution is 2.26. The van der Waals surface area contributed by atoms with Gasteiger partial charge in [-0.2, -0.15) is 0 Å². The molecule has 170 valence electrons. The summed E-state index contributed by atoms with van der Waals surface area (Å²) in [6, 6.07) is 23.2. The SMILES string of the molecule is COc1cccc(-c2cccc(C[C@@H]3CN(C(=O)c4ccccc4OC)CCNC3=O)c2)c1. The number of ether oxygens (including phenoxy) is 2. The molecule has 1 aliphatic rings. The first-order valence-corrected chi connectivity index (χ1v) is 11.0. The maximum absolute atomic E-state index is 13.2. The summed E-state index contributed by atoms with van der Waals surface area (Å²) in [5, 5.41) is 2.96. The predicted molar refractivity (Wildman–Crippen MR) is 128 cm³/mol. The van der Waals surface area contributed by atoms with Crippen molar-refractivity contribution in [3.8, 4) is 22.6 Å². The van der Waals surface area contributed by atoms with Gasteiger partial charge < -0.3 is 19.7 Å². The second kappa shape index (κ2) is 10.2. The lowest BCUT2D eigenvalue weighted by Crippen LogP contribution is -2.37. The number of para-hydroxylation sites is 1. The van der Waals surface area contributed by atoms with E-state index in [1.165, 1.54) is 0 Å². The van der Waals surface area contributed by atoms with Gasteiger partial charge in [-0.25, -0.2) is 0 Å². The molecule has 6 heteroatoms. The lowest BCUT2D eigenvalue weighted by Gasteiger charge is -2.24. The van der Waals surface area contributed by atoms with E-state index in [1.807, 2.05) is 54.6 Å². The number of carbonyl (C=O) groups excluding carboxylic acids is 2. The molecule has 3 aromatic carbocycles. The van der Waals surface area contributed by atoms with Crippen LogP contribution in [0, 0.1) is 5.92 Å². The highest BCUT2D eigenvalue weighted by Gasteiger charge is 2.29. The average Bonchev–Trinajstić information content (AvgIpc) is 3.05. The monoisotopic (exact) mass is 444 g/mol. The zero-order chi connectivity index (χ0) is 23.2. The van der Waals surface area contributed by atoms with E-state index in [1.54, 1.807) is 31.3 Å².